The van der Waals surface area contributed by atoms with Crippen LogP contribution >= 0.6 is 27.5 Å². The van der Waals surface area contributed by atoms with Crippen LogP contribution in [0.4, 0.5) is 5.69 Å². The topological polar surface area (TPSA) is 29.1 Å². The average molecular weight is 261 g/mol. The van der Waals surface area contributed by atoms with Crippen molar-refractivity contribution in [1.82, 2.24) is 0 Å². The zero-order valence-electron chi connectivity index (χ0n) is 6.73. The first-order chi connectivity index (χ1) is 6.16. The van der Waals surface area contributed by atoms with E-state index < -0.39 is 0 Å². The summed E-state index contributed by atoms with van der Waals surface area (Å²) in [7, 11) is 0. The maximum Gasteiger partial charge on any atom is 0.224 e. The van der Waals surface area contributed by atoms with Crippen LogP contribution < -0.4 is 5.32 Å². The number of aryl methyl sites for hydroxylation is 1. The Hall–Kier alpha value is -0.540. The van der Waals surface area contributed by atoms with Crippen LogP contribution in [0.25, 0.3) is 0 Å². The first kappa shape index (κ1) is 9.03. The molecule has 1 aliphatic rings. The number of halogens is 2. The molecule has 0 saturated carbocycles. The quantitative estimate of drug-likeness (QED) is 0.763. The van der Waals surface area contributed by atoms with Crippen molar-refractivity contribution in [2.24, 2.45) is 0 Å². The Morgan fingerprint density at radius 3 is 2.92 bits per heavy atom. The number of nitrogens with one attached hydrogen (secondary N) is 1. The molecule has 0 unspecified atom stereocenters. The number of anilines is 1. The molecule has 0 atom stereocenters. The molecule has 0 aromatic heterocycles. The van der Waals surface area contributed by atoms with E-state index in [4.69, 9.17) is 11.6 Å². The molecule has 13 heavy (non-hydrogen) atoms. The first-order valence-electron chi connectivity index (χ1n) is 3.94. The van der Waals surface area contributed by atoms with Gasteiger partial charge < -0.3 is 5.32 Å². The smallest absolute Gasteiger partial charge is 0.224 e. The summed E-state index contributed by atoms with van der Waals surface area (Å²) in [6.45, 7) is 0. The molecule has 68 valence electrons. The predicted molar refractivity (Wildman–Crippen MR) is 56.1 cm³/mol. The molecular weight excluding hydrogens is 253 g/mol. The molecule has 1 aromatic rings. The van der Waals surface area contributed by atoms with Crippen LogP contribution in [0.15, 0.2) is 16.6 Å². The van der Waals surface area contributed by atoms with Gasteiger partial charge in [-0.2, -0.15) is 0 Å². The largest absolute Gasteiger partial charge is 0.326 e. The third-order valence-electron chi connectivity index (χ3n) is 2.04. The van der Waals surface area contributed by atoms with Crippen LogP contribution in [-0.4, -0.2) is 5.91 Å². The van der Waals surface area contributed by atoms with E-state index >= 15 is 0 Å². The monoisotopic (exact) mass is 259 g/mol. The molecule has 1 aliphatic heterocycles. The number of hydrogen-bond donors (Lipinski definition) is 1. The molecule has 1 amide bonds. The fraction of sp³-hybridized carbons (Fsp3) is 0.222. The second-order valence-electron chi connectivity index (χ2n) is 2.97. The van der Waals surface area contributed by atoms with E-state index in [-0.39, 0.29) is 5.91 Å². The van der Waals surface area contributed by atoms with E-state index in [1.54, 1.807) is 6.07 Å². The van der Waals surface area contributed by atoms with E-state index in [0.717, 1.165) is 22.1 Å². The van der Waals surface area contributed by atoms with Crippen molar-refractivity contribution in [3.63, 3.8) is 0 Å². The van der Waals surface area contributed by atoms with E-state index in [9.17, 15) is 4.79 Å². The summed E-state index contributed by atoms with van der Waals surface area (Å²) in [5, 5.41) is 3.41. The molecule has 1 heterocycles. The Labute approximate surface area is 89.4 Å². The van der Waals surface area contributed by atoms with Gasteiger partial charge in [-0.25, -0.2) is 0 Å². The van der Waals surface area contributed by atoms with Crippen molar-refractivity contribution in [2.45, 2.75) is 12.8 Å². The number of carbonyl (C=O) groups is 1. The van der Waals surface area contributed by atoms with Crippen molar-refractivity contribution in [1.29, 1.82) is 0 Å². The van der Waals surface area contributed by atoms with E-state index in [0.29, 0.717) is 11.4 Å². The molecule has 0 spiro atoms. The minimum atomic E-state index is 0.0610. The van der Waals surface area contributed by atoms with Crippen LogP contribution in [-0.2, 0) is 11.2 Å². The number of rotatable bonds is 0. The lowest BCUT2D eigenvalue weighted by molar-refractivity contribution is -0.116. The van der Waals surface area contributed by atoms with Crippen LogP contribution in [0.5, 0.6) is 0 Å². The van der Waals surface area contributed by atoms with Crippen molar-refractivity contribution in [3.05, 3.63) is 27.2 Å². The van der Waals surface area contributed by atoms with Crippen LogP contribution in [0.1, 0.15) is 12.0 Å². The fourth-order valence-corrected chi connectivity index (χ4v) is 1.93. The summed E-state index contributed by atoms with van der Waals surface area (Å²) in [5.74, 6) is 0.0610. The summed E-state index contributed by atoms with van der Waals surface area (Å²) in [6.07, 6.45) is 1.35. The van der Waals surface area contributed by atoms with Gasteiger partial charge in [-0.1, -0.05) is 11.6 Å². The van der Waals surface area contributed by atoms with Crippen LogP contribution in [0, 0.1) is 0 Å². The number of amides is 1. The fourth-order valence-electron chi connectivity index (χ4n) is 1.37. The summed E-state index contributed by atoms with van der Waals surface area (Å²) in [5.41, 5.74) is 1.97. The van der Waals surface area contributed by atoms with Crippen LogP contribution in [0.3, 0.4) is 0 Å². The van der Waals surface area contributed by atoms with Gasteiger partial charge in [0, 0.05) is 16.6 Å². The molecule has 2 rings (SSSR count). The standard InChI is InChI=1S/C9H7BrClNO/c10-6-3-5-1-2-9(13)12-8(5)4-7(6)11/h3-4H,1-2H2,(H,12,13). The van der Waals surface area contributed by atoms with Crippen molar-refractivity contribution in [3.8, 4) is 0 Å². The highest BCUT2D eigenvalue weighted by Crippen LogP contribution is 2.32. The van der Waals surface area contributed by atoms with Crippen molar-refractivity contribution >= 4 is 39.1 Å². The van der Waals surface area contributed by atoms with E-state index in [2.05, 4.69) is 21.2 Å². The van der Waals surface area contributed by atoms with E-state index in [1.807, 2.05) is 6.07 Å². The molecule has 0 fully saturated rings. The minimum absolute atomic E-state index is 0.0610. The van der Waals surface area contributed by atoms with Gasteiger partial charge in [-0.15, -0.1) is 0 Å². The Morgan fingerprint density at radius 2 is 2.15 bits per heavy atom. The molecule has 0 bridgehead atoms. The maximum atomic E-state index is 11.1. The van der Waals surface area contributed by atoms with Gasteiger partial charge in [0.15, 0.2) is 0 Å². The summed E-state index contributed by atoms with van der Waals surface area (Å²) >= 11 is 9.24. The van der Waals surface area contributed by atoms with Gasteiger partial charge >= 0.3 is 0 Å². The molecule has 0 saturated heterocycles. The van der Waals surface area contributed by atoms with Gasteiger partial charge in [0.25, 0.3) is 0 Å². The third-order valence-corrected chi connectivity index (χ3v) is 3.24. The lowest BCUT2D eigenvalue weighted by Crippen LogP contribution is -2.18. The molecule has 1 N–H and O–H groups in total. The van der Waals surface area contributed by atoms with Crippen LogP contribution in [0.2, 0.25) is 5.02 Å². The summed E-state index contributed by atoms with van der Waals surface area (Å²) in [4.78, 5) is 11.1. The third kappa shape index (κ3) is 1.71. The van der Waals surface area contributed by atoms with E-state index in [1.165, 1.54) is 0 Å². The molecule has 1 aromatic carbocycles. The zero-order valence-corrected chi connectivity index (χ0v) is 9.08. The second kappa shape index (κ2) is 3.31. The second-order valence-corrected chi connectivity index (χ2v) is 4.23. The summed E-state index contributed by atoms with van der Waals surface area (Å²) in [6, 6.07) is 3.73. The number of fused-ring (bicyclic) bond motifs is 1. The van der Waals surface area contributed by atoms with Crippen molar-refractivity contribution < 1.29 is 4.79 Å². The lowest BCUT2D eigenvalue weighted by atomic mass is 10.0. The van der Waals surface area contributed by atoms with Gasteiger partial charge in [-0.3, -0.25) is 4.79 Å². The maximum absolute atomic E-state index is 11.1. The highest BCUT2D eigenvalue weighted by molar-refractivity contribution is 9.10. The molecule has 0 radical (unpaired) electrons. The lowest BCUT2D eigenvalue weighted by Gasteiger charge is -2.17. The Balaban J connectivity index is 2.49. The number of benzene rings is 1. The zero-order chi connectivity index (χ0) is 9.42. The Morgan fingerprint density at radius 1 is 1.38 bits per heavy atom. The number of hydrogen-bond acceptors (Lipinski definition) is 1. The predicted octanol–water partition coefficient (Wildman–Crippen LogP) is 2.99. The SMILES string of the molecule is O=C1CCc2cc(Br)c(Cl)cc2N1. The number of carbonyl (C=O) groups excluding carboxylic acids is 1. The summed E-state index contributed by atoms with van der Waals surface area (Å²) < 4.78 is 0.879. The van der Waals surface area contributed by atoms with Gasteiger partial charge in [0.05, 0.1) is 5.02 Å². The molecule has 0 aliphatic carbocycles. The highest BCUT2D eigenvalue weighted by atomic mass is 79.9. The van der Waals surface area contributed by atoms with Gasteiger partial charge in [0.2, 0.25) is 5.91 Å². The first-order valence-corrected chi connectivity index (χ1v) is 5.11. The van der Waals surface area contributed by atoms with Gasteiger partial charge in [0.1, 0.15) is 0 Å². The molecule has 2 nitrogen and oxygen atoms in total. The molecular formula is C9H7BrClNO. The highest BCUT2D eigenvalue weighted by Gasteiger charge is 2.15. The van der Waals surface area contributed by atoms with Crippen molar-refractivity contribution in [2.75, 3.05) is 5.32 Å². The Kier molecular flexibility index (Phi) is 2.30. The minimum Gasteiger partial charge on any atom is -0.326 e. The Bertz CT molecular complexity index is 378. The van der Waals surface area contributed by atoms with Gasteiger partial charge in [-0.05, 0) is 40.0 Å². The molecule has 4 heteroatoms. The average Bonchev–Trinajstić information content (AvgIpc) is 2.08. The normalized spacial score (nSPS) is 15.1.